The molecule has 10 heavy (non-hydrogen) atoms. The summed E-state index contributed by atoms with van der Waals surface area (Å²) >= 11 is 0. The van der Waals surface area contributed by atoms with Crippen LogP contribution in [0.1, 0.15) is 10.5 Å². The van der Waals surface area contributed by atoms with E-state index in [0.29, 0.717) is 11.4 Å². The second-order valence-corrected chi connectivity index (χ2v) is 1.87. The number of hydrogen-bond donors (Lipinski definition) is 2. The first-order valence-electron chi connectivity index (χ1n) is 2.83. The van der Waals surface area contributed by atoms with Gasteiger partial charge in [0.25, 0.3) is 0 Å². The maximum Gasteiger partial charge on any atom is 0.360 e. The smallest absolute Gasteiger partial charge is 0.360 e. The summed E-state index contributed by atoms with van der Waals surface area (Å²) in [5.74, 6) is -0.380. The van der Waals surface area contributed by atoms with E-state index in [9.17, 15) is 4.79 Å². The van der Waals surface area contributed by atoms with E-state index in [1.807, 2.05) is 0 Å². The zero-order chi connectivity index (χ0) is 7.56. The van der Waals surface area contributed by atoms with E-state index in [1.165, 1.54) is 7.11 Å². The Bertz CT molecular complexity index is 242. The second kappa shape index (κ2) is 2.53. The number of rotatable bonds is 1. The van der Waals surface area contributed by atoms with Crippen LogP contribution in [0, 0.1) is 0 Å². The van der Waals surface area contributed by atoms with E-state index in [1.54, 1.807) is 12.3 Å². The molecule has 0 radical (unpaired) electrons. The molecule has 0 aliphatic heterocycles. The lowest BCUT2D eigenvalue weighted by Gasteiger charge is -1.92. The number of H-pyrrole nitrogens is 1. The Morgan fingerprint density at radius 1 is 1.80 bits per heavy atom. The van der Waals surface area contributed by atoms with Gasteiger partial charge in [-0.15, -0.1) is 0 Å². The molecule has 54 valence electrons. The number of methoxy groups -OCH3 is 1. The first-order chi connectivity index (χ1) is 4.75. The first-order valence-corrected chi connectivity index (χ1v) is 2.83. The molecule has 1 heterocycles. The highest BCUT2D eigenvalue weighted by Gasteiger charge is 2.12. The molecule has 0 aromatic carbocycles. The summed E-state index contributed by atoms with van der Waals surface area (Å²) < 4.78 is 4.47. The lowest BCUT2D eigenvalue weighted by atomic mass is 10.4. The van der Waals surface area contributed by atoms with Crippen LogP contribution >= 0.6 is 0 Å². The van der Waals surface area contributed by atoms with Crippen molar-refractivity contribution >= 4 is 11.7 Å². The molecule has 0 spiro atoms. The Balaban J connectivity index is 2.93. The van der Waals surface area contributed by atoms with Gasteiger partial charge in [-0.1, -0.05) is 0 Å². The predicted octanol–water partition coefficient (Wildman–Crippen LogP) is -0.325. The van der Waals surface area contributed by atoms with Crippen molar-refractivity contribution in [3.8, 4) is 0 Å². The van der Waals surface area contributed by atoms with E-state index >= 15 is 0 Å². The average molecular weight is 141 g/mol. The van der Waals surface area contributed by atoms with Crippen molar-refractivity contribution in [2.24, 2.45) is 0 Å². The topological polar surface area (TPSA) is 69.7 Å². The minimum Gasteiger partial charge on any atom is -0.464 e. The molecule has 0 bridgehead atoms. The Kier molecular flexibility index (Phi) is 1.73. The third kappa shape index (κ3) is 1.01. The number of hydrogen-bond acceptors (Lipinski definition) is 2. The zero-order valence-electron chi connectivity index (χ0n) is 5.68. The molecule has 0 aliphatic rings. The van der Waals surface area contributed by atoms with Crippen molar-refractivity contribution in [3.05, 3.63) is 18.0 Å². The fraction of sp³-hybridized carbons (Fsp3) is 0.167. The second-order valence-electron chi connectivity index (χ2n) is 1.87. The molecule has 0 atom stereocenters. The number of aromatic nitrogens is 1. The van der Waals surface area contributed by atoms with E-state index in [-0.39, 0.29) is 5.97 Å². The number of nitrogens with one attached hydrogen (secondary N) is 1. The summed E-state index contributed by atoms with van der Waals surface area (Å²) in [7, 11) is 1.34. The van der Waals surface area contributed by atoms with Gasteiger partial charge in [-0.05, 0) is 0 Å². The van der Waals surface area contributed by atoms with Crippen molar-refractivity contribution in [2.75, 3.05) is 7.11 Å². The lowest BCUT2D eigenvalue weighted by Crippen LogP contribution is -2.41. The van der Waals surface area contributed by atoms with Gasteiger partial charge in [0.2, 0.25) is 0 Å². The van der Waals surface area contributed by atoms with Gasteiger partial charge in [-0.2, -0.15) is 0 Å². The molecule has 1 aromatic rings. The fourth-order valence-corrected chi connectivity index (χ4v) is 0.694. The standard InChI is InChI=1S/C6H8N2O2/c1-10-6(9)5-4(7)2-3-8-5/h2-3,8H,7H2,1H3/p+1. The summed E-state index contributed by atoms with van der Waals surface area (Å²) in [6.45, 7) is 0. The third-order valence-corrected chi connectivity index (χ3v) is 1.22. The minimum absolute atomic E-state index is 0.380. The van der Waals surface area contributed by atoms with Crippen LogP contribution in [0.5, 0.6) is 0 Å². The van der Waals surface area contributed by atoms with E-state index in [4.69, 9.17) is 0 Å². The Hall–Kier alpha value is -1.29. The van der Waals surface area contributed by atoms with Crippen LogP contribution in [-0.2, 0) is 4.74 Å². The Morgan fingerprint density at radius 3 is 2.90 bits per heavy atom. The van der Waals surface area contributed by atoms with Gasteiger partial charge in [0, 0.05) is 12.3 Å². The molecule has 0 saturated heterocycles. The van der Waals surface area contributed by atoms with Gasteiger partial charge in [0.05, 0.1) is 7.11 Å². The maximum absolute atomic E-state index is 10.8. The van der Waals surface area contributed by atoms with Crippen LogP contribution < -0.4 is 5.73 Å². The van der Waals surface area contributed by atoms with Gasteiger partial charge in [0.1, 0.15) is 0 Å². The summed E-state index contributed by atoms with van der Waals surface area (Å²) in [6, 6.07) is 1.71. The molecule has 0 aliphatic carbocycles. The molecule has 1 aromatic heterocycles. The lowest BCUT2D eigenvalue weighted by molar-refractivity contribution is -0.255. The Morgan fingerprint density at radius 2 is 2.50 bits per heavy atom. The third-order valence-electron chi connectivity index (χ3n) is 1.22. The highest BCUT2D eigenvalue weighted by Crippen LogP contribution is 2.06. The van der Waals surface area contributed by atoms with Gasteiger partial charge in [0.15, 0.2) is 11.4 Å². The van der Waals surface area contributed by atoms with Crippen molar-refractivity contribution in [1.82, 2.24) is 4.98 Å². The van der Waals surface area contributed by atoms with E-state index < -0.39 is 0 Å². The summed E-state index contributed by atoms with van der Waals surface area (Å²) in [4.78, 5) is 13.5. The number of carbonyl (C=O) groups is 1. The SMILES string of the molecule is COC(=O)c1[nH]ccc1[NH3+]. The van der Waals surface area contributed by atoms with Gasteiger partial charge < -0.3 is 15.5 Å². The highest BCUT2D eigenvalue weighted by molar-refractivity contribution is 5.91. The van der Waals surface area contributed by atoms with Gasteiger partial charge in [-0.3, -0.25) is 0 Å². The van der Waals surface area contributed by atoms with Crippen molar-refractivity contribution in [2.45, 2.75) is 0 Å². The molecule has 1 rings (SSSR count). The predicted molar refractivity (Wildman–Crippen MR) is 34.7 cm³/mol. The molecular formula is C6H9N2O2+. The minimum atomic E-state index is -0.380. The molecule has 0 saturated carbocycles. The van der Waals surface area contributed by atoms with Crippen molar-refractivity contribution in [3.63, 3.8) is 0 Å². The number of aromatic amines is 1. The van der Waals surface area contributed by atoms with Gasteiger partial charge in [-0.25, -0.2) is 4.79 Å². The van der Waals surface area contributed by atoms with Crippen LogP contribution in [-0.4, -0.2) is 18.1 Å². The average Bonchev–Trinajstić information content (AvgIpc) is 2.34. The molecule has 4 nitrogen and oxygen atoms in total. The number of carbonyl (C=O) groups excluding carboxylic acids is 1. The quantitative estimate of drug-likeness (QED) is 0.526. The van der Waals surface area contributed by atoms with E-state index in [2.05, 4.69) is 15.5 Å². The Labute approximate surface area is 58.0 Å². The largest absolute Gasteiger partial charge is 0.464 e. The first kappa shape index (κ1) is 6.82. The maximum atomic E-state index is 10.8. The van der Waals surface area contributed by atoms with E-state index in [0.717, 1.165) is 0 Å². The van der Waals surface area contributed by atoms with Crippen LogP contribution in [0.2, 0.25) is 0 Å². The summed E-state index contributed by atoms with van der Waals surface area (Å²) in [5.41, 5.74) is 4.70. The monoisotopic (exact) mass is 141 g/mol. The van der Waals surface area contributed by atoms with Crippen LogP contribution in [0.15, 0.2) is 12.3 Å². The highest BCUT2D eigenvalue weighted by atomic mass is 16.5. The van der Waals surface area contributed by atoms with Crippen LogP contribution in [0.3, 0.4) is 0 Å². The molecule has 0 amide bonds. The van der Waals surface area contributed by atoms with Crippen LogP contribution in [0.25, 0.3) is 0 Å². The normalized spacial score (nSPS) is 9.40. The number of ether oxygens (including phenoxy) is 1. The van der Waals surface area contributed by atoms with Crippen LogP contribution in [0.4, 0.5) is 5.69 Å². The van der Waals surface area contributed by atoms with Crippen molar-refractivity contribution < 1.29 is 15.3 Å². The number of quaternary nitrogens is 1. The molecular weight excluding hydrogens is 132 g/mol. The summed E-state index contributed by atoms with van der Waals surface area (Å²) in [6.07, 6.45) is 1.65. The van der Waals surface area contributed by atoms with Gasteiger partial charge >= 0.3 is 5.97 Å². The zero-order valence-corrected chi connectivity index (χ0v) is 5.68. The fourth-order valence-electron chi connectivity index (χ4n) is 0.694. The molecule has 0 fully saturated rings. The summed E-state index contributed by atoms with van der Waals surface area (Å²) in [5, 5.41) is 0. The molecule has 4 N–H and O–H groups in total. The molecule has 4 heteroatoms. The number of esters is 1. The molecule has 0 unspecified atom stereocenters. The van der Waals surface area contributed by atoms with Crippen molar-refractivity contribution in [1.29, 1.82) is 0 Å².